The lowest BCUT2D eigenvalue weighted by Crippen LogP contribution is -2.42. The summed E-state index contributed by atoms with van der Waals surface area (Å²) in [7, 11) is 0. The Morgan fingerprint density at radius 3 is 2.65 bits per heavy atom. The molecule has 4 heteroatoms. The molecule has 1 heterocycles. The Balaban J connectivity index is 1.63. The van der Waals surface area contributed by atoms with Gasteiger partial charge in [0.2, 0.25) is 11.8 Å². The number of nitrogens with one attached hydrogen (secondary N) is 2. The lowest BCUT2D eigenvalue weighted by atomic mass is 10.1. The van der Waals surface area contributed by atoms with Crippen molar-refractivity contribution >= 4 is 23.6 Å². The molecule has 2 N–H and O–H groups in total. The second-order valence-corrected chi connectivity index (χ2v) is 5.49. The van der Waals surface area contributed by atoms with Gasteiger partial charge in [-0.2, -0.15) is 0 Å². The molecule has 0 aromatic heterocycles. The van der Waals surface area contributed by atoms with E-state index in [1.807, 2.05) is 54.6 Å². The summed E-state index contributed by atoms with van der Waals surface area (Å²) in [5.74, 6) is -0.434. The molecule has 2 amide bonds. The third kappa shape index (κ3) is 3.86. The van der Waals surface area contributed by atoms with E-state index < -0.39 is 6.04 Å². The minimum atomic E-state index is -0.518. The third-order valence-electron chi connectivity index (χ3n) is 3.84. The number of amides is 2. The van der Waals surface area contributed by atoms with E-state index in [-0.39, 0.29) is 11.8 Å². The maximum absolute atomic E-state index is 12.2. The summed E-state index contributed by atoms with van der Waals surface area (Å²) in [4.78, 5) is 24.3. The van der Waals surface area contributed by atoms with Crippen molar-refractivity contribution in [3.8, 4) is 0 Å². The molecule has 116 valence electrons. The van der Waals surface area contributed by atoms with E-state index in [2.05, 4.69) is 10.6 Å². The molecule has 0 saturated heterocycles. The molecular weight excluding hydrogens is 288 g/mol. The van der Waals surface area contributed by atoms with Gasteiger partial charge in [-0.1, -0.05) is 48.5 Å². The zero-order valence-electron chi connectivity index (χ0n) is 12.7. The SMILES string of the molecule is O=C(/C=C/c1ccccc1)NC1CCc2ccccc2NC1=O. The van der Waals surface area contributed by atoms with Crippen molar-refractivity contribution in [2.75, 3.05) is 5.32 Å². The van der Waals surface area contributed by atoms with Crippen LogP contribution in [0.25, 0.3) is 6.08 Å². The fraction of sp³-hybridized carbons (Fsp3) is 0.158. The Kier molecular flexibility index (Phi) is 4.52. The molecule has 0 radical (unpaired) electrons. The number of hydrogen-bond acceptors (Lipinski definition) is 2. The van der Waals surface area contributed by atoms with E-state index in [0.29, 0.717) is 6.42 Å². The van der Waals surface area contributed by atoms with E-state index in [1.165, 1.54) is 6.08 Å². The van der Waals surface area contributed by atoms with E-state index in [1.54, 1.807) is 6.08 Å². The molecule has 0 spiro atoms. The lowest BCUT2D eigenvalue weighted by Gasteiger charge is -2.13. The topological polar surface area (TPSA) is 58.2 Å². The van der Waals surface area contributed by atoms with Crippen molar-refractivity contribution in [2.24, 2.45) is 0 Å². The van der Waals surface area contributed by atoms with Gasteiger partial charge in [-0.05, 0) is 36.1 Å². The van der Waals surface area contributed by atoms with Crippen LogP contribution in [0, 0.1) is 0 Å². The first-order valence-electron chi connectivity index (χ1n) is 7.65. The molecule has 2 aromatic carbocycles. The number of hydrogen-bond donors (Lipinski definition) is 2. The second-order valence-electron chi connectivity index (χ2n) is 5.49. The molecule has 3 rings (SSSR count). The van der Waals surface area contributed by atoms with Gasteiger partial charge in [-0.25, -0.2) is 0 Å². The van der Waals surface area contributed by atoms with Crippen LogP contribution < -0.4 is 10.6 Å². The summed E-state index contributed by atoms with van der Waals surface area (Å²) in [6.45, 7) is 0. The second kappa shape index (κ2) is 6.92. The number of carbonyl (C=O) groups is 2. The van der Waals surface area contributed by atoms with E-state index in [4.69, 9.17) is 0 Å². The van der Waals surface area contributed by atoms with Crippen LogP contribution in [0.3, 0.4) is 0 Å². The van der Waals surface area contributed by atoms with Crippen molar-refractivity contribution in [2.45, 2.75) is 18.9 Å². The van der Waals surface area contributed by atoms with Gasteiger partial charge in [-0.15, -0.1) is 0 Å². The van der Waals surface area contributed by atoms with Gasteiger partial charge < -0.3 is 10.6 Å². The van der Waals surface area contributed by atoms with Crippen LogP contribution in [0.15, 0.2) is 60.7 Å². The highest BCUT2D eigenvalue weighted by molar-refractivity contribution is 6.00. The van der Waals surface area contributed by atoms with Crippen LogP contribution in [0.4, 0.5) is 5.69 Å². The van der Waals surface area contributed by atoms with Crippen LogP contribution in [-0.4, -0.2) is 17.9 Å². The predicted octanol–water partition coefficient (Wildman–Crippen LogP) is 2.77. The maximum Gasteiger partial charge on any atom is 0.246 e. The molecule has 4 nitrogen and oxygen atoms in total. The van der Waals surface area contributed by atoms with Gasteiger partial charge in [-0.3, -0.25) is 9.59 Å². The van der Waals surface area contributed by atoms with Crippen LogP contribution >= 0.6 is 0 Å². The highest BCUT2D eigenvalue weighted by Gasteiger charge is 2.24. The Labute approximate surface area is 135 Å². The largest absolute Gasteiger partial charge is 0.341 e. The molecule has 1 atom stereocenters. The summed E-state index contributed by atoms with van der Waals surface area (Å²) < 4.78 is 0. The Hall–Kier alpha value is -2.88. The van der Waals surface area contributed by atoms with E-state index in [9.17, 15) is 9.59 Å². The molecular formula is C19H18N2O2. The molecule has 0 bridgehead atoms. The summed E-state index contributed by atoms with van der Waals surface area (Å²) >= 11 is 0. The third-order valence-corrected chi connectivity index (χ3v) is 3.84. The number of para-hydroxylation sites is 1. The highest BCUT2D eigenvalue weighted by atomic mass is 16.2. The molecule has 0 fully saturated rings. The molecule has 1 unspecified atom stereocenters. The standard InChI is InChI=1S/C19H18N2O2/c22-18(13-10-14-6-2-1-3-7-14)20-17-12-11-15-8-4-5-9-16(15)21-19(17)23/h1-10,13,17H,11-12H2,(H,20,22)(H,21,23)/b13-10+. The Bertz CT molecular complexity index is 738. The summed E-state index contributed by atoms with van der Waals surface area (Å²) in [5.41, 5.74) is 2.87. The minimum Gasteiger partial charge on any atom is -0.341 e. The van der Waals surface area contributed by atoms with E-state index in [0.717, 1.165) is 23.2 Å². The zero-order chi connectivity index (χ0) is 16.1. The van der Waals surface area contributed by atoms with E-state index >= 15 is 0 Å². The maximum atomic E-state index is 12.2. The normalized spacial score (nSPS) is 17.2. The lowest BCUT2D eigenvalue weighted by molar-refractivity contribution is -0.123. The first-order chi connectivity index (χ1) is 11.2. The molecule has 23 heavy (non-hydrogen) atoms. The van der Waals surface area contributed by atoms with Gasteiger partial charge >= 0.3 is 0 Å². The number of aryl methyl sites for hydroxylation is 1. The number of carbonyl (C=O) groups excluding carboxylic acids is 2. The van der Waals surface area contributed by atoms with Crippen molar-refractivity contribution in [3.63, 3.8) is 0 Å². The van der Waals surface area contributed by atoms with Crippen molar-refractivity contribution in [1.29, 1.82) is 0 Å². The minimum absolute atomic E-state index is 0.170. The first-order valence-corrected chi connectivity index (χ1v) is 7.65. The van der Waals surface area contributed by atoms with Gasteiger partial charge in [0.05, 0.1) is 0 Å². The number of fused-ring (bicyclic) bond motifs is 1. The summed E-state index contributed by atoms with van der Waals surface area (Å²) in [6, 6.07) is 16.8. The Morgan fingerprint density at radius 2 is 1.83 bits per heavy atom. The zero-order valence-corrected chi connectivity index (χ0v) is 12.7. The van der Waals surface area contributed by atoms with Crippen molar-refractivity contribution in [1.82, 2.24) is 5.32 Å². The van der Waals surface area contributed by atoms with Crippen LogP contribution in [0.1, 0.15) is 17.5 Å². The smallest absolute Gasteiger partial charge is 0.246 e. The predicted molar refractivity (Wildman–Crippen MR) is 90.8 cm³/mol. The van der Waals surface area contributed by atoms with Gasteiger partial charge in [0.1, 0.15) is 6.04 Å². The fourth-order valence-corrected chi connectivity index (χ4v) is 2.60. The van der Waals surface area contributed by atoms with Crippen LogP contribution in [-0.2, 0) is 16.0 Å². The summed E-state index contributed by atoms with van der Waals surface area (Å²) in [5, 5.41) is 5.65. The highest BCUT2D eigenvalue weighted by Crippen LogP contribution is 2.21. The number of anilines is 1. The van der Waals surface area contributed by atoms with Crippen molar-refractivity contribution < 1.29 is 9.59 Å². The molecule has 0 saturated carbocycles. The van der Waals surface area contributed by atoms with Gasteiger partial charge in [0.15, 0.2) is 0 Å². The fourth-order valence-electron chi connectivity index (χ4n) is 2.60. The number of benzene rings is 2. The monoisotopic (exact) mass is 306 g/mol. The first kappa shape index (κ1) is 15.0. The quantitative estimate of drug-likeness (QED) is 0.857. The summed E-state index contributed by atoms with van der Waals surface area (Å²) in [6.07, 6.45) is 4.54. The molecule has 1 aliphatic heterocycles. The van der Waals surface area contributed by atoms with Gasteiger partial charge in [0.25, 0.3) is 0 Å². The molecule has 0 aliphatic carbocycles. The molecule has 1 aliphatic rings. The molecule has 2 aromatic rings. The van der Waals surface area contributed by atoms with Crippen LogP contribution in [0.5, 0.6) is 0 Å². The average Bonchev–Trinajstić information content (AvgIpc) is 2.73. The number of rotatable bonds is 3. The Morgan fingerprint density at radius 1 is 1.09 bits per heavy atom. The average molecular weight is 306 g/mol. The van der Waals surface area contributed by atoms with Crippen LogP contribution in [0.2, 0.25) is 0 Å². The van der Waals surface area contributed by atoms with Gasteiger partial charge in [0, 0.05) is 11.8 Å². The van der Waals surface area contributed by atoms with Crippen molar-refractivity contribution in [3.05, 3.63) is 71.8 Å².